The van der Waals surface area contributed by atoms with E-state index >= 15 is 0 Å². The van der Waals surface area contributed by atoms with Gasteiger partial charge in [-0.15, -0.1) is 0 Å². The molecule has 0 bridgehead atoms. The number of fused-ring (bicyclic) bond motifs is 1. The van der Waals surface area contributed by atoms with Crippen molar-refractivity contribution in [3.8, 4) is 0 Å². The standard InChI is InChI=1S/C18H21NO2/c1-13(19-12-17(20)21-18(2,3)4)15-11-7-9-14-8-5-6-10-16(14)15/h5-13H,1-4H3. The fraction of sp³-hybridized carbons (Fsp3) is 0.333. The van der Waals surface area contributed by atoms with E-state index in [0.717, 1.165) is 10.9 Å². The van der Waals surface area contributed by atoms with Crippen LogP contribution in [0.4, 0.5) is 0 Å². The fourth-order valence-corrected chi connectivity index (χ4v) is 2.20. The van der Waals surface area contributed by atoms with Gasteiger partial charge in [-0.3, -0.25) is 4.99 Å². The molecule has 0 heterocycles. The summed E-state index contributed by atoms with van der Waals surface area (Å²) in [5.74, 6) is -0.408. The highest BCUT2D eigenvalue weighted by molar-refractivity contribution is 6.23. The zero-order valence-electron chi connectivity index (χ0n) is 13.0. The molecule has 0 aliphatic heterocycles. The van der Waals surface area contributed by atoms with Gasteiger partial charge in [0.25, 0.3) is 0 Å². The third-order valence-corrected chi connectivity index (χ3v) is 3.08. The van der Waals surface area contributed by atoms with E-state index in [2.05, 4.69) is 23.2 Å². The number of carbonyl (C=O) groups excluding carboxylic acids is 1. The molecule has 2 aromatic carbocycles. The Kier molecular flexibility index (Phi) is 4.41. The molecule has 21 heavy (non-hydrogen) atoms. The van der Waals surface area contributed by atoms with E-state index in [-0.39, 0.29) is 6.04 Å². The van der Waals surface area contributed by atoms with Gasteiger partial charge in [-0.05, 0) is 44.0 Å². The minimum Gasteiger partial charge on any atom is -0.456 e. The zero-order valence-corrected chi connectivity index (χ0v) is 13.0. The molecule has 3 heteroatoms. The average Bonchev–Trinajstić information content (AvgIpc) is 2.42. The summed E-state index contributed by atoms with van der Waals surface area (Å²) in [5.41, 5.74) is 0.610. The highest BCUT2D eigenvalue weighted by Crippen LogP contribution is 2.26. The lowest BCUT2D eigenvalue weighted by molar-refractivity contribution is -0.145. The highest BCUT2D eigenvalue weighted by Gasteiger charge is 2.15. The second kappa shape index (κ2) is 6.08. The van der Waals surface area contributed by atoms with Crippen LogP contribution in [0.2, 0.25) is 0 Å². The van der Waals surface area contributed by atoms with Gasteiger partial charge in [0.05, 0.1) is 6.04 Å². The van der Waals surface area contributed by atoms with Gasteiger partial charge in [-0.2, -0.15) is 0 Å². The average molecular weight is 283 g/mol. The van der Waals surface area contributed by atoms with Crippen LogP contribution in [0.25, 0.3) is 10.8 Å². The summed E-state index contributed by atoms with van der Waals surface area (Å²) < 4.78 is 5.22. The van der Waals surface area contributed by atoms with Gasteiger partial charge in [-0.25, -0.2) is 4.79 Å². The predicted octanol–water partition coefficient (Wildman–Crippen LogP) is 4.31. The maximum Gasteiger partial charge on any atom is 0.349 e. The summed E-state index contributed by atoms with van der Waals surface area (Å²) in [6.45, 7) is 7.50. The third-order valence-electron chi connectivity index (χ3n) is 3.08. The van der Waals surface area contributed by atoms with Crippen molar-refractivity contribution in [1.82, 2.24) is 0 Å². The van der Waals surface area contributed by atoms with Gasteiger partial charge in [0, 0.05) is 0 Å². The van der Waals surface area contributed by atoms with Crippen LogP contribution in [0.15, 0.2) is 47.5 Å². The molecule has 0 aromatic heterocycles. The molecular formula is C18H21NO2. The first-order valence-corrected chi connectivity index (χ1v) is 7.10. The van der Waals surface area contributed by atoms with Crippen LogP contribution in [0.5, 0.6) is 0 Å². The SMILES string of the molecule is CC(N=CC(=O)OC(C)(C)C)c1cccc2ccccc12. The number of esters is 1. The lowest BCUT2D eigenvalue weighted by atomic mass is 10.0. The first kappa shape index (κ1) is 15.2. The summed E-state index contributed by atoms with van der Waals surface area (Å²) in [4.78, 5) is 16.0. The van der Waals surface area contributed by atoms with Gasteiger partial charge >= 0.3 is 5.97 Å². The van der Waals surface area contributed by atoms with Crippen molar-refractivity contribution in [2.75, 3.05) is 0 Å². The maximum absolute atomic E-state index is 11.7. The number of nitrogens with zero attached hydrogens (tertiary/aromatic N) is 1. The summed E-state index contributed by atoms with van der Waals surface area (Å²) in [6, 6.07) is 14.2. The first-order valence-electron chi connectivity index (χ1n) is 7.10. The van der Waals surface area contributed by atoms with Crippen LogP contribution in [-0.2, 0) is 9.53 Å². The maximum atomic E-state index is 11.7. The van der Waals surface area contributed by atoms with Crippen molar-refractivity contribution in [2.24, 2.45) is 4.99 Å². The van der Waals surface area contributed by atoms with Crippen molar-refractivity contribution < 1.29 is 9.53 Å². The van der Waals surface area contributed by atoms with E-state index in [1.807, 2.05) is 52.0 Å². The normalized spacial score (nSPS) is 13.5. The molecule has 110 valence electrons. The number of benzene rings is 2. The third kappa shape index (κ3) is 4.15. The van der Waals surface area contributed by atoms with Gasteiger partial charge < -0.3 is 4.74 Å². The van der Waals surface area contributed by atoms with Crippen LogP contribution in [0.1, 0.15) is 39.3 Å². The Bertz CT molecular complexity index is 663. The van der Waals surface area contributed by atoms with Crippen molar-refractivity contribution in [3.05, 3.63) is 48.0 Å². The largest absolute Gasteiger partial charge is 0.456 e. The first-order chi connectivity index (χ1) is 9.87. The summed E-state index contributed by atoms with van der Waals surface area (Å²) in [7, 11) is 0. The summed E-state index contributed by atoms with van der Waals surface area (Å²) in [5, 5.41) is 2.34. The number of ether oxygens (including phenoxy) is 1. The van der Waals surface area contributed by atoms with Crippen LogP contribution >= 0.6 is 0 Å². The summed E-state index contributed by atoms with van der Waals surface area (Å²) >= 11 is 0. The van der Waals surface area contributed by atoms with E-state index in [0.29, 0.717) is 0 Å². The quantitative estimate of drug-likeness (QED) is 0.622. The Labute approximate surface area is 125 Å². The van der Waals surface area contributed by atoms with Crippen LogP contribution < -0.4 is 0 Å². The summed E-state index contributed by atoms with van der Waals surface area (Å²) in [6.07, 6.45) is 1.28. The lowest BCUT2D eigenvalue weighted by Gasteiger charge is -2.18. The second-order valence-corrected chi connectivity index (χ2v) is 6.06. The Morgan fingerprint density at radius 3 is 2.52 bits per heavy atom. The number of carbonyl (C=O) groups is 1. The van der Waals surface area contributed by atoms with Gasteiger partial charge in [0.15, 0.2) is 0 Å². The Balaban J connectivity index is 2.19. The molecule has 3 nitrogen and oxygen atoms in total. The van der Waals surface area contributed by atoms with Crippen molar-refractivity contribution in [1.29, 1.82) is 0 Å². The molecule has 0 saturated heterocycles. The number of aliphatic imine (C=N–C) groups is 1. The Hall–Kier alpha value is -2.16. The molecule has 0 saturated carbocycles. The van der Waals surface area contributed by atoms with E-state index in [1.165, 1.54) is 11.6 Å². The lowest BCUT2D eigenvalue weighted by Crippen LogP contribution is -2.24. The zero-order chi connectivity index (χ0) is 15.5. The highest BCUT2D eigenvalue weighted by atomic mass is 16.6. The van der Waals surface area contributed by atoms with Crippen LogP contribution in [0.3, 0.4) is 0 Å². The minimum absolute atomic E-state index is 0.0939. The second-order valence-electron chi connectivity index (χ2n) is 6.06. The molecule has 0 radical (unpaired) electrons. The number of hydrogen-bond acceptors (Lipinski definition) is 3. The van der Waals surface area contributed by atoms with Gasteiger partial charge in [-0.1, -0.05) is 42.5 Å². The molecule has 2 aromatic rings. The topological polar surface area (TPSA) is 38.7 Å². The predicted molar refractivity (Wildman–Crippen MR) is 86.7 cm³/mol. The van der Waals surface area contributed by atoms with Crippen molar-refractivity contribution in [2.45, 2.75) is 39.3 Å². The number of hydrogen-bond donors (Lipinski definition) is 0. The van der Waals surface area contributed by atoms with Gasteiger partial charge in [0.2, 0.25) is 0 Å². The van der Waals surface area contributed by atoms with Crippen molar-refractivity contribution >= 4 is 23.0 Å². The smallest absolute Gasteiger partial charge is 0.349 e. The molecular weight excluding hydrogens is 262 g/mol. The van der Waals surface area contributed by atoms with E-state index < -0.39 is 11.6 Å². The molecule has 2 rings (SSSR count). The molecule has 0 fully saturated rings. The van der Waals surface area contributed by atoms with Crippen LogP contribution in [-0.4, -0.2) is 17.8 Å². The molecule has 0 aliphatic carbocycles. The number of rotatable bonds is 3. The molecule has 0 amide bonds. The Morgan fingerprint density at radius 1 is 1.14 bits per heavy atom. The van der Waals surface area contributed by atoms with E-state index in [4.69, 9.17) is 4.74 Å². The fourth-order valence-electron chi connectivity index (χ4n) is 2.20. The molecule has 0 aliphatic rings. The minimum atomic E-state index is -0.494. The molecule has 0 N–H and O–H groups in total. The monoisotopic (exact) mass is 283 g/mol. The van der Waals surface area contributed by atoms with E-state index in [9.17, 15) is 4.79 Å². The van der Waals surface area contributed by atoms with E-state index in [1.54, 1.807) is 0 Å². The van der Waals surface area contributed by atoms with Crippen molar-refractivity contribution in [3.63, 3.8) is 0 Å². The van der Waals surface area contributed by atoms with Crippen LogP contribution in [0, 0.1) is 0 Å². The molecule has 1 unspecified atom stereocenters. The Morgan fingerprint density at radius 2 is 1.81 bits per heavy atom. The molecule has 0 spiro atoms. The van der Waals surface area contributed by atoms with Gasteiger partial charge in [0.1, 0.15) is 11.8 Å². The molecule has 1 atom stereocenters.